The quantitative estimate of drug-likeness (QED) is 0.600. The third-order valence-corrected chi connectivity index (χ3v) is 2.75. The van der Waals surface area contributed by atoms with Crippen molar-refractivity contribution in [3.05, 3.63) is 41.7 Å². The van der Waals surface area contributed by atoms with Crippen molar-refractivity contribution in [3.8, 4) is 5.75 Å². The van der Waals surface area contributed by atoms with Crippen molar-refractivity contribution in [2.75, 3.05) is 7.11 Å². The molecule has 0 radical (unpaired) electrons. The topological polar surface area (TPSA) is 39.4 Å². The molecule has 0 N–H and O–H groups in total. The van der Waals surface area contributed by atoms with Crippen LogP contribution >= 0.6 is 0 Å². The van der Waals surface area contributed by atoms with Gasteiger partial charge in [-0.3, -0.25) is 0 Å². The molecule has 0 amide bonds. The highest BCUT2D eigenvalue weighted by Crippen LogP contribution is 2.30. The lowest BCUT2D eigenvalue weighted by Crippen LogP contribution is -2.08. The summed E-state index contributed by atoms with van der Waals surface area (Å²) < 4.78 is 7.10. The highest BCUT2D eigenvalue weighted by molar-refractivity contribution is 5.85. The first-order valence-corrected chi connectivity index (χ1v) is 5.83. The third-order valence-electron chi connectivity index (χ3n) is 2.75. The van der Waals surface area contributed by atoms with Crippen molar-refractivity contribution in [2.24, 2.45) is 4.99 Å². The molecule has 18 heavy (non-hydrogen) atoms. The first-order valence-electron chi connectivity index (χ1n) is 5.83. The molecule has 0 bridgehead atoms. The number of aliphatic imine (C=N–C) groups is 1. The standard InChI is InChI=1S/C14H17N3O/c1-10-6-5-7-13(18-4)14(10)15-12(3)17-9-8-11(2)16-17/h5-9H,1-4H3. The summed E-state index contributed by atoms with van der Waals surface area (Å²) in [7, 11) is 1.65. The number of hydrogen-bond acceptors (Lipinski definition) is 3. The predicted molar refractivity (Wildman–Crippen MR) is 72.9 cm³/mol. The summed E-state index contributed by atoms with van der Waals surface area (Å²) >= 11 is 0. The van der Waals surface area contributed by atoms with Gasteiger partial charge in [0.25, 0.3) is 0 Å². The second-order valence-electron chi connectivity index (χ2n) is 4.19. The van der Waals surface area contributed by atoms with Gasteiger partial charge in [-0.15, -0.1) is 0 Å². The molecule has 0 atom stereocenters. The van der Waals surface area contributed by atoms with E-state index in [2.05, 4.69) is 10.1 Å². The van der Waals surface area contributed by atoms with E-state index >= 15 is 0 Å². The van der Waals surface area contributed by atoms with Crippen LogP contribution < -0.4 is 4.74 Å². The molecule has 4 heteroatoms. The number of hydrogen-bond donors (Lipinski definition) is 0. The third kappa shape index (κ3) is 2.42. The minimum Gasteiger partial charge on any atom is -0.494 e. The summed E-state index contributed by atoms with van der Waals surface area (Å²) in [4.78, 5) is 4.61. The number of aromatic nitrogens is 2. The average Bonchev–Trinajstić information content (AvgIpc) is 2.78. The molecule has 0 aliphatic rings. The second kappa shape index (κ2) is 5.04. The van der Waals surface area contributed by atoms with Crippen LogP contribution in [0.3, 0.4) is 0 Å². The van der Waals surface area contributed by atoms with Crippen molar-refractivity contribution >= 4 is 11.5 Å². The van der Waals surface area contributed by atoms with Crippen LogP contribution in [0.5, 0.6) is 5.75 Å². The van der Waals surface area contributed by atoms with Gasteiger partial charge in [0.2, 0.25) is 0 Å². The van der Waals surface area contributed by atoms with E-state index in [1.807, 2.05) is 51.2 Å². The van der Waals surface area contributed by atoms with E-state index in [4.69, 9.17) is 4.74 Å². The van der Waals surface area contributed by atoms with Gasteiger partial charge in [0, 0.05) is 6.20 Å². The molecule has 0 unspecified atom stereocenters. The Kier molecular flexibility index (Phi) is 3.46. The van der Waals surface area contributed by atoms with Crippen LogP contribution in [0.1, 0.15) is 18.2 Å². The van der Waals surface area contributed by atoms with Gasteiger partial charge < -0.3 is 4.74 Å². The lowest BCUT2D eigenvalue weighted by molar-refractivity contribution is 0.416. The van der Waals surface area contributed by atoms with Crippen LogP contribution in [0.2, 0.25) is 0 Å². The maximum Gasteiger partial charge on any atom is 0.144 e. The molecule has 94 valence electrons. The molecule has 4 nitrogen and oxygen atoms in total. The van der Waals surface area contributed by atoms with E-state index in [0.717, 1.165) is 28.5 Å². The zero-order valence-corrected chi connectivity index (χ0v) is 11.1. The Morgan fingerprint density at radius 2 is 2.06 bits per heavy atom. The van der Waals surface area contributed by atoms with Crippen molar-refractivity contribution in [1.29, 1.82) is 0 Å². The van der Waals surface area contributed by atoms with E-state index in [0.29, 0.717) is 0 Å². The van der Waals surface area contributed by atoms with Crippen molar-refractivity contribution in [2.45, 2.75) is 20.8 Å². The van der Waals surface area contributed by atoms with Gasteiger partial charge in [0.1, 0.15) is 17.3 Å². The van der Waals surface area contributed by atoms with Gasteiger partial charge in [-0.25, -0.2) is 9.67 Å². The second-order valence-corrected chi connectivity index (χ2v) is 4.19. The molecule has 2 aromatic rings. The fraction of sp³-hybridized carbons (Fsp3) is 0.286. The fourth-order valence-electron chi connectivity index (χ4n) is 1.75. The molecule has 1 aromatic carbocycles. The van der Waals surface area contributed by atoms with Crippen molar-refractivity contribution in [1.82, 2.24) is 9.78 Å². The Labute approximate surface area is 107 Å². The van der Waals surface area contributed by atoms with Crippen LogP contribution in [0, 0.1) is 13.8 Å². The number of rotatable bonds is 2. The zero-order chi connectivity index (χ0) is 13.1. The number of ether oxygens (including phenoxy) is 1. The molecule has 0 saturated heterocycles. The van der Waals surface area contributed by atoms with Crippen LogP contribution in [0.15, 0.2) is 35.5 Å². The number of aryl methyl sites for hydroxylation is 2. The molecule has 0 aliphatic heterocycles. The minimum atomic E-state index is 0.776. The van der Waals surface area contributed by atoms with Gasteiger partial charge in [-0.2, -0.15) is 5.10 Å². The fourth-order valence-corrected chi connectivity index (χ4v) is 1.75. The molecule has 2 rings (SSSR count). The number of nitrogens with zero attached hydrogens (tertiary/aromatic N) is 3. The minimum absolute atomic E-state index is 0.776. The van der Waals surface area contributed by atoms with Gasteiger partial charge in [-0.05, 0) is 38.5 Å². The van der Waals surface area contributed by atoms with E-state index < -0.39 is 0 Å². The highest BCUT2D eigenvalue weighted by Gasteiger charge is 2.06. The lowest BCUT2D eigenvalue weighted by Gasteiger charge is -2.08. The summed E-state index contributed by atoms with van der Waals surface area (Å²) in [6.07, 6.45) is 1.90. The summed E-state index contributed by atoms with van der Waals surface area (Å²) in [5.41, 5.74) is 2.91. The number of benzene rings is 1. The smallest absolute Gasteiger partial charge is 0.144 e. The van der Waals surface area contributed by atoms with Crippen molar-refractivity contribution in [3.63, 3.8) is 0 Å². The zero-order valence-electron chi connectivity index (χ0n) is 11.1. The largest absolute Gasteiger partial charge is 0.494 e. The first-order chi connectivity index (χ1) is 8.61. The Hall–Kier alpha value is -2.10. The summed E-state index contributed by atoms with van der Waals surface area (Å²) in [6, 6.07) is 7.84. The molecule has 0 fully saturated rings. The monoisotopic (exact) mass is 243 g/mol. The van der Waals surface area contributed by atoms with E-state index in [1.165, 1.54) is 0 Å². The lowest BCUT2D eigenvalue weighted by atomic mass is 10.2. The van der Waals surface area contributed by atoms with E-state index in [1.54, 1.807) is 11.8 Å². The van der Waals surface area contributed by atoms with Crippen LogP contribution in [-0.2, 0) is 0 Å². The van der Waals surface area contributed by atoms with Gasteiger partial charge in [-0.1, -0.05) is 12.1 Å². The highest BCUT2D eigenvalue weighted by atomic mass is 16.5. The van der Waals surface area contributed by atoms with Crippen LogP contribution in [-0.4, -0.2) is 22.7 Å². The summed E-state index contributed by atoms with van der Waals surface area (Å²) in [6.45, 7) is 5.90. The van der Waals surface area contributed by atoms with Gasteiger partial charge in [0.15, 0.2) is 0 Å². The Morgan fingerprint density at radius 3 is 2.67 bits per heavy atom. The predicted octanol–water partition coefficient (Wildman–Crippen LogP) is 3.11. The summed E-state index contributed by atoms with van der Waals surface area (Å²) in [5.74, 6) is 1.59. The Bertz CT molecular complexity index is 584. The molecule has 0 spiro atoms. The SMILES string of the molecule is COc1cccc(C)c1N=C(C)n1ccc(C)n1. The maximum atomic E-state index is 5.33. The molecule has 0 saturated carbocycles. The van der Waals surface area contributed by atoms with Gasteiger partial charge >= 0.3 is 0 Å². The van der Waals surface area contributed by atoms with Crippen molar-refractivity contribution < 1.29 is 4.74 Å². The van der Waals surface area contributed by atoms with E-state index in [-0.39, 0.29) is 0 Å². The van der Waals surface area contributed by atoms with E-state index in [9.17, 15) is 0 Å². The Balaban J connectivity index is 2.44. The van der Waals surface area contributed by atoms with Gasteiger partial charge in [0.05, 0.1) is 12.8 Å². The Morgan fingerprint density at radius 1 is 1.28 bits per heavy atom. The number of methoxy groups -OCH3 is 1. The normalized spacial score (nSPS) is 11.7. The molecular weight excluding hydrogens is 226 g/mol. The molecule has 1 aromatic heterocycles. The van der Waals surface area contributed by atoms with Crippen LogP contribution in [0.25, 0.3) is 0 Å². The molecule has 1 heterocycles. The molecular formula is C14H17N3O. The summed E-state index contributed by atoms with van der Waals surface area (Å²) in [5, 5.41) is 4.34. The average molecular weight is 243 g/mol. The van der Waals surface area contributed by atoms with Crippen LogP contribution in [0.4, 0.5) is 5.69 Å². The molecule has 0 aliphatic carbocycles. The first kappa shape index (κ1) is 12.4. The maximum absolute atomic E-state index is 5.33. The number of para-hydroxylation sites is 1.